The molecule has 1 aliphatic carbocycles. The van der Waals surface area contributed by atoms with Gasteiger partial charge in [-0.3, -0.25) is 24.1 Å². The Kier molecular flexibility index (Phi) is 6.68. The van der Waals surface area contributed by atoms with Crippen LogP contribution >= 0.6 is 0 Å². The average Bonchev–Trinajstić information content (AvgIpc) is 3.68. The van der Waals surface area contributed by atoms with Gasteiger partial charge in [0.15, 0.2) is 23.0 Å². The lowest BCUT2D eigenvalue weighted by molar-refractivity contribution is -0.155. The van der Waals surface area contributed by atoms with Gasteiger partial charge in [0.2, 0.25) is 12.5 Å². The number of fused-ring (bicyclic) bond motifs is 3. The summed E-state index contributed by atoms with van der Waals surface area (Å²) in [5, 5.41) is 0. The Morgan fingerprint density at radius 1 is 0.878 bits per heavy atom. The summed E-state index contributed by atoms with van der Waals surface area (Å²) in [6, 6.07) is 7.12. The van der Waals surface area contributed by atoms with Crippen LogP contribution in [0.2, 0.25) is 0 Å². The molecule has 3 aliphatic heterocycles. The molecule has 0 saturated carbocycles. The molecule has 41 heavy (non-hydrogen) atoms. The lowest BCUT2D eigenvalue weighted by atomic mass is 9.66. The number of hydrogen-bond donors (Lipinski definition) is 0. The van der Waals surface area contributed by atoms with Crippen molar-refractivity contribution in [3.05, 3.63) is 53.1 Å². The molecule has 12 nitrogen and oxygen atoms in total. The Morgan fingerprint density at radius 3 is 2.12 bits per heavy atom. The van der Waals surface area contributed by atoms with E-state index in [1.807, 2.05) is 0 Å². The second-order valence-corrected chi connectivity index (χ2v) is 9.91. The minimum atomic E-state index is -0.857. The Hall–Kier alpha value is -4.74. The maximum absolute atomic E-state index is 13.3. The third kappa shape index (κ3) is 4.39. The number of hydrogen-bond acceptors (Lipinski definition) is 11. The van der Waals surface area contributed by atoms with Crippen LogP contribution in [0.15, 0.2) is 36.4 Å². The van der Waals surface area contributed by atoms with Crippen LogP contribution in [0.25, 0.3) is 0 Å². The summed E-state index contributed by atoms with van der Waals surface area (Å²) >= 11 is 0. The topological polar surface area (TPSA) is 136 Å². The zero-order valence-electron chi connectivity index (χ0n) is 22.5. The van der Waals surface area contributed by atoms with E-state index in [0.29, 0.717) is 45.4 Å². The molecule has 0 unspecified atom stereocenters. The number of carbonyl (C=O) groups is 4. The van der Waals surface area contributed by atoms with Crippen LogP contribution < -0.4 is 23.7 Å². The number of amides is 2. The highest BCUT2D eigenvalue weighted by atomic mass is 16.7. The Bertz CT molecular complexity index is 1440. The van der Waals surface area contributed by atoms with Crippen molar-refractivity contribution in [1.29, 1.82) is 0 Å². The first-order valence-corrected chi connectivity index (χ1v) is 13.0. The predicted octanol–water partition coefficient (Wildman–Crippen LogP) is 2.28. The fourth-order valence-corrected chi connectivity index (χ4v) is 6.00. The number of nitrogens with zero attached hydrogens (tertiary/aromatic N) is 1. The highest BCUT2D eigenvalue weighted by Gasteiger charge is 2.54. The van der Waals surface area contributed by atoms with E-state index >= 15 is 0 Å². The monoisotopic (exact) mass is 565 g/mol. The van der Waals surface area contributed by atoms with E-state index in [-0.39, 0.29) is 26.4 Å². The minimum absolute atomic E-state index is 0.0261. The smallest absolute Gasteiger partial charge is 0.310 e. The molecule has 1 fully saturated rings. The molecule has 12 heteroatoms. The van der Waals surface area contributed by atoms with Crippen LogP contribution in [-0.4, -0.2) is 69.9 Å². The van der Waals surface area contributed by atoms with Crippen molar-refractivity contribution in [3.8, 4) is 28.7 Å². The predicted molar refractivity (Wildman–Crippen MR) is 138 cm³/mol. The molecule has 0 N–H and O–H groups in total. The highest BCUT2D eigenvalue weighted by molar-refractivity contribution is 6.13. The third-order valence-electron chi connectivity index (χ3n) is 7.86. The van der Waals surface area contributed by atoms with Gasteiger partial charge in [0.1, 0.15) is 6.10 Å². The van der Waals surface area contributed by atoms with Crippen molar-refractivity contribution < 1.29 is 52.3 Å². The van der Waals surface area contributed by atoms with Gasteiger partial charge in [0.05, 0.1) is 40.3 Å². The van der Waals surface area contributed by atoms with Gasteiger partial charge in [-0.1, -0.05) is 0 Å². The summed E-state index contributed by atoms with van der Waals surface area (Å²) in [4.78, 5) is 51.1. The van der Waals surface area contributed by atoms with Crippen LogP contribution in [0.3, 0.4) is 0 Å². The van der Waals surface area contributed by atoms with Crippen molar-refractivity contribution >= 4 is 23.8 Å². The largest absolute Gasteiger partial charge is 0.493 e. The molecule has 0 aromatic heterocycles. The molecular weight excluding hydrogens is 538 g/mol. The fourth-order valence-electron chi connectivity index (χ4n) is 6.00. The van der Waals surface area contributed by atoms with Crippen LogP contribution in [0.4, 0.5) is 0 Å². The SMILES string of the molecule is COc1cc([C@@H]2c3cc4c(cc3[C@H](OC(=O)CCN3C(=O)C=CC3=O)[C@H]3COC(=O)[C@H]23)OCO4)cc(OC)c1OC. The van der Waals surface area contributed by atoms with Gasteiger partial charge in [-0.2, -0.15) is 0 Å². The second kappa shape index (κ2) is 10.3. The Balaban J connectivity index is 1.41. The maximum atomic E-state index is 13.3. The molecule has 0 bridgehead atoms. The van der Waals surface area contributed by atoms with Gasteiger partial charge in [-0.05, 0) is 35.4 Å². The summed E-state index contributed by atoms with van der Waals surface area (Å²) in [5.74, 6) is -1.59. The van der Waals surface area contributed by atoms with Gasteiger partial charge in [0.25, 0.3) is 11.8 Å². The van der Waals surface area contributed by atoms with Crippen molar-refractivity contribution in [3.63, 3.8) is 0 Å². The van der Waals surface area contributed by atoms with Crippen molar-refractivity contribution in [2.24, 2.45) is 11.8 Å². The molecule has 2 amide bonds. The fraction of sp³-hybridized carbons (Fsp3) is 0.379. The van der Waals surface area contributed by atoms with E-state index in [2.05, 4.69) is 0 Å². The number of methoxy groups -OCH3 is 3. The first kappa shape index (κ1) is 26.5. The van der Waals surface area contributed by atoms with Crippen LogP contribution in [0.5, 0.6) is 28.7 Å². The lowest BCUT2D eigenvalue weighted by Crippen LogP contribution is -2.37. The Labute approximate surface area is 234 Å². The quantitative estimate of drug-likeness (QED) is 0.344. The molecule has 3 heterocycles. The van der Waals surface area contributed by atoms with E-state index in [1.54, 1.807) is 24.3 Å². The number of rotatable bonds is 8. The standard InChI is InChI=1S/C29H27NO11/c1-35-20-8-14(9-21(36-2)28(20)37-3)25-15-10-18-19(40-13-39-18)11-16(15)27(17-12-38-29(34)26(17)25)41-24(33)6-7-30-22(31)4-5-23(30)32/h4-5,8-11,17,25-27H,6-7,12-13H2,1-3H3/t17-,25+,26-,27-/m0/s1. The minimum Gasteiger partial charge on any atom is -0.493 e. The van der Waals surface area contributed by atoms with E-state index in [9.17, 15) is 19.2 Å². The molecule has 1 saturated heterocycles. The number of benzene rings is 2. The maximum Gasteiger partial charge on any atom is 0.310 e. The van der Waals surface area contributed by atoms with Gasteiger partial charge < -0.3 is 33.2 Å². The van der Waals surface area contributed by atoms with Gasteiger partial charge in [0, 0.05) is 36.1 Å². The molecule has 6 rings (SSSR count). The normalized spacial score (nSPS) is 23.7. The van der Waals surface area contributed by atoms with Crippen LogP contribution in [-0.2, 0) is 28.7 Å². The number of ether oxygens (including phenoxy) is 7. The van der Waals surface area contributed by atoms with Crippen molar-refractivity contribution in [2.75, 3.05) is 41.3 Å². The van der Waals surface area contributed by atoms with Crippen molar-refractivity contribution in [2.45, 2.75) is 18.4 Å². The van der Waals surface area contributed by atoms with Crippen LogP contribution in [0.1, 0.15) is 35.1 Å². The average molecular weight is 566 g/mol. The number of cyclic esters (lactones) is 1. The molecule has 0 spiro atoms. The lowest BCUT2D eigenvalue weighted by Gasteiger charge is -2.38. The molecule has 4 atom stereocenters. The zero-order chi connectivity index (χ0) is 28.8. The molecule has 0 radical (unpaired) electrons. The molecule has 2 aromatic rings. The van der Waals surface area contributed by atoms with E-state index in [1.165, 1.54) is 21.3 Å². The molecule has 2 aromatic carbocycles. The van der Waals surface area contributed by atoms with Crippen LogP contribution in [0, 0.1) is 11.8 Å². The Morgan fingerprint density at radius 2 is 1.51 bits per heavy atom. The van der Waals surface area contributed by atoms with Gasteiger partial charge in [-0.15, -0.1) is 0 Å². The second-order valence-electron chi connectivity index (χ2n) is 9.91. The third-order valence-corrected chi connectivity index (χ3v) is 7.86. The number of imide groups is 1. The molecular formula is C29H27NO11. The van der Waals surface area contributed by atoms with Gasteiger partial charge >= 0.3 is 11.9 Å². The van der Waals surface area contributed by atoms with E-state index in [0.717, 1.165) is 17.1 Å². The van der Waals surface area contributed by atoms with E-state index < -0.39 is 47.6 Å². The summed E-state index contributed by atoms with van der Waals surface area (Å²) in [5.41, 5.74) is 2.03. The highest BCUT2D eigenvalue weighted by Crippen LogP contribution is 2.56. The summed E-state index contributed by atoms with van der Waals surface area (Å²) < 4.78 is 39.4. The number of esters is 2. The first-order valence-electron chi connectivity index (χ1n) is 13.0. The zero-order valence-corrected chi connectivity index (χ0v) is 22.5. The first-order chi connectivity index (χ1) is 19.8. The van der Waals surface area contributed by atoms with E-state index in [4.69, 9.17) is 33.2 Å². The number of carbonyl (C=O) groups excluding carboxylic acids is 4. The van der Waals surface area contributed by atoms with Gasteiger partial charge in [-0.25, -0.2) is 0 Å². The van der Waals surface area contributed by atoms with Crippen molar-refractivity contribution in [1.82, 2.24) is 4.90 Å². The summed E-state index contributed by atoms with van der Waals surface area (Å²) in [7, 11) is 4.52. The summed E-state index contributed by atoms with van der Waals surface area (Å²) in [6.07, 6.45) is 1.24. The molecule has 214 valence electrons. The summed E-state index contributed by atoms with van der Waals surface area (Å²) in [6.45, 7) is -0.0660. The molecule has 4 aliphatic rings.